The molecule has 2 aliphatic heterocycles. The van der Waals surface area contributed by atoms with E-state index in [1.54, 1.807) is 6.33 Å². The summed E-state index contributed by atoms with van der Waals surface area (Å²) in [5.41, 5.74) is 16.5. The highest BCUT2D eigenvalue weighted by Gasteiger charge is 2.52. The molecule has 8 nitrogen and oxygen atoms in total. The molecular weight excluding hydrogens is 496 g/mol. The molecule has 4 heterocycles. The number of halogens is 1. The summed E-state index contributed by atoms with van der Waals surface area (Å²) in [5, 5.41) is 1.06. The maximum Gasteiger partial charge on any atom is 0.164 e. The highest BCUT2D eigenvalue weighted by molar-refractivity contribution is 9.10. The predicted molar refractivity (Wildman–Crippen MR) is 135 cm³/mol. The number of hydrogen-bond donors (Lipinski definition) is 2. The van der Waals surface area contributed by atoms with E-state index in [-0.39, 0.29) is 18.2 Å². The highest BCUT2D eigenvalue weighted by Crippen LogP contribution is 2.44. The van der Waals surface area contributed by atoms with E-state index in [9.17, 15) is 0 Å². The summed E-state index contributed by atoms with van der Waals surface area (Å²) in [6.07, 6.45) is 6.29. The first-order valence-electron chi connectivity index (χ1n) is 11.6. The molecule has 1 saturated heterocycles. The van der Waals surface area contributed by atoms with E-state index >= 15 is 0 Å². The van der Waals surface area contributed by atoms with E-state index in [0.717, 1.165) is 52.6 Å². The summed E-state index contributed by atoms with van der Waals surface area (Å²) in [7, 11) is 0. The molecule has 0 spiro atoms. The summed E-state index contributed by atoms with van der Waals surface area (Å²) in [6.45, 7) is 4.80. The van der Waals surface area contributed by atoms with Crippen LogP contribution >= 0.6 is 15.9 Å². The first-order valence-corrected chi connectivity index (χ1v) is 12.4. The van der Waals surface area contributed by atoms with Crippen LogP contribution in [0.15, 0.2) is 46.7 Å². The maximum atomic E-state index is 6.39. The van der Waals surface area contributed by atoms with Crippen LogP contribution in [-0.4, -0.2) is 45.5 Å². The number of nitrogens with two attached hydrogens (primary N) is 2. The second-order valence-corrected chi connectivity index (χ2v) is 10.5. The lowest BCUT2D eigenvalue weighted by molar-refractivity contribution is -0.146. The zero-order valence-electron chi connectivity index (χ0n) is 19.2. The smallest absolute Gasteiger partial charge is 0.164 e. The van der Waals surface area contributed by atoms with Gasteiger partial charge in [0.05, 0.1) is 16.0 Å². The van der Waals surface area contributed by atoms with Crippen molar-refractivity contribution in [2.45, 2.75) is 57.1 Å². The Balaban J connectivity index is 1.27. The van der Waals surface area contributed by atoms with Gasteiger partial charge in [0.25, 0.3) is 0 Å². The average Bonchev–Trinajstić information content (AvgIpc) is 3.45. The summed E-state index contributed by atoms with van der Waals surface area (Å²) in [5.74, 6) is 1.35. The van der Waals surface area contributed by atoms with Crippen LogP contribution < -0.4 is 16.4 Å². The number of nitrogens with zero attached hydrogens (tertiary/aromatic N) is 4. The van der Waals surface area contributed by atoms with Gasteiger partial charge in [0.1, 0.15) is 36.0 Å². The van der Waals surface area contributed by atoms with Crippen LogP contribution in [0.4, 0.5) is 17.5 Å². The number of benzene rings is 1. The van der Waals surface area contributed by atoms with Gasteiger partial charge in [-0.05, 0) is 72.3 Å². The Labute approximate surface area is 206 Å². The molecule has 176 valence electrons. The summed E-state index contributed by atoms with van der Waals surface area (Å²) in [4.78, 5) is 15.5. The van der Waals surface area contributed by atoms with Crippen LogP contribution in [0.25, 0.3) is 10.9 Å². The maximum absolute atomic E-state index is 6.39. The minimum absolute atomic E-state index is 0.0488. The summed E-state index contributed by atoms with van der Waals surface area (Å²) >= 11 is 3.45. The van der Waals surface area contributed by atoms with Crippen LogP contribution in [0.1, 0.15) is 31.4 Å². The van der Waals surface area contributed by atoms with Crippen LogP contribution in [0.2, 0.25) is 0 Å². The molecule has 2 aromatic heterocycles. The van der Waals surface area contributed by atoms with Gasteiger partial charge in [-0.1, -0.05) is 18.2 Å². The van der Waals surface area contributed by atoms with Crippen molar-refractivity contribution >= 4 is 44.3 Å². The number of hydrogen-bond acceptors (Lipinski definition) is 8. The second-order valence-electron chi connectivity index (χ2n) is 9.64. The Kier molecular flexibility index (Phi) is 5.05. The van der Waals surface area contributed by atoms with Crippen molar-refractivity contribution in [1.82, 2.24) is 15.0 Å². The standard InChI is InChI=1S/C25H27BrN6O2/c1-25(2)33-20-15(6-4-13-3-5-14-10-17(26)23(28)31-18(14)9-13)11-19(21(20)34-25)32-8-7-16-22(27)29-12-30-24(16)32/h3,5,9-12,19-21H,4,6-8H2,1-2H3,(H2,28,31)(H2,27,29,30)/t19?,20-,21+/m1/s1. The Bertz CT molecular complexity index is 1330. The molecule has 0 bridgehead atoms. The van der Waals surface area contributed by atoms with Crippen molar-refractivity contribution in [3.05, 3.63) is 57.8 Å². The van der Waals surface area contributed by atoms with E-state index in [1.807, 2.05) is 19.9 Å². The molecule has 1 aromatic carbocycles. The molecule has 0 radical (unpaired) electrons. The van der Waals surface area contributed by atoms with Gasteiger partial charge in [-0.25, -0.2) is 15.0 Å². The normalized spacial score (nSPS) is 25.0. The fraction of sp³-hybridized carbons (Fsp3) is 0.400. The number of fused-ring (bicyclic) bond motifs is 3. The van der Waals surface area contributed by atoms with Crippen molar-refractivity contribution in [2.24, 2.45) is 0 Å². The fourth-order valence-electron chi connectivity index (χ4n) is 5.41. The lowest BCUT2D eigenvalue weighted by Crippen LogP contribution is -2.43. The molecule has 9 heteroatoms. The molecule has 3 aromatic rings. The monoisotopic (exact) mass is 522 g/mol. The van der Waals surface area contributed by atoms with Crippen LogP contribution in [-0.2, 0) is 22.3 Å². The van der Waals surface area contributed by atoms with E-state index in [1.165, 1.54) is 11.1 Å². The van der Waals surface area contributed by atoms with E-state index in [0.29, 0.717) is 11.6 Å². The molecule has 0 saturated carbocycles. The number of aromatic nitrogens is 3. The first kappa shape index (κ1) is 21.8. The number of nitrogen functional groups attached to an aromatic ring is 2. The summed E-state index contributed by atoms with van der Waals surface area (Å²) < 4.78 is 13.6. The minimum atomic E-state index is -0.627. The molecule has 3 aliphatic rings. The Morgan fingerprint density at radius 3 is 2.82 bits per heavy atom. The van der Waals surface area contributed by atoms with Gasteiger partial charge in [0, 0.05) is 17.5 Å². The fourth-order valence-corrected chi connectivity index (χ4v) is 5.74. The van der Waals surface area contributed by atoms with Crippen LogP contribution in [0, 0.1) is 0 Å². The molecule has 1 fully saturated rings. The third-order valence-electron chi connectivity index (χ3n) is 6.97. The van der Waals surface area contributed by atoms with E-state index in [2.05, 4.69) is 60.1 Å². The van der Waals surface area contributed by atoms with E-state index < -0.39 is 5.79 Å². The second kappa shape index (κ2) is 7.90. The average molecular weight is 523 g/mol. The zero-order valence-corrected chi connectivity index (χ0v) is 20.7. The van der Waals surface area contributed by atoms with Gasteiger partial charge < -0.3 is 25.8 Å². The number of aryl methyl sites for hydroxylation is 1. The van der Waals surface area contributed by atoms with Crippen LogP contribution in [0.3, 0.4) is 0 Å². The SMILES string of the molecule is CC1(C)O[C@@H]2C(CCc3ccc4cc(Br)c(N)nc4c3)=CC(N3CCc4c(N)ncnc43)[C@@H]2O1. The van der Waals surface area contributed by atoms with Gasteiger partial charge in [-0.3, -0.25) is 0 Å². The van der Waals surface area contributed by atoms with Gasteiger partial charge in [0.15, 0.2) is 5.79 Å². The van der Waals surface area contributed by atoms with Gasteiger partial charge >= 0.3 is 0 Å². The van der Waals surface area contributed by atoms with Crippen molar-refractivity contribution < 1.29 is 9.47 Å². The minimum Gasteiger partial charge on any atom is -0.383 e. The Morgan fingerprint density at radius 1 is 1.12 bits per heavy atom. The molecular formula is C25H27BrN6O2. The molecule has 3 atom stereocenters. The van der Waals surface area contributed by atoms with Crippen molar-refractivity contribution in [2.75, 3.05) is 22.9 Å². The molecule has 34 heavy (non-hydrogen) atoms. The third-order valence-corrected chi connectivity index (χ3v) is 7.61. The first-order chi connectivity index (χ1) is 16.3. The Hall–Kier alpha value is -2.75. The van der Waals surface area contributed by atoms with Gasteiger partial charge in [0.2, 0.25) is 0 Å². The van der Waals surface area contributed by atoms with Gasteiger partial charge in [-0.15, -0.1) is 0 Å². The molecule has 6 rings (SSSR count). The Morgan fingerprint density at radius 2 is 1.97 bits per heavy atom. The van der Waals surface area contributed by atoms with Crippen molar-refractivity contribution in [3.63, 3.8) is 0 Å². The van der Waals surface area contributed by atoms with E-state index in [4.69, 9.17) is 20.9 Å². The molecule has 1 aliphatic carbocycles. The highest BCUT2D eigenvalue weighted by atomic mass is 79.9. The largest absolute Gasteiger partial charge is 0.383 e. The predicted octanol–water partition coefficient (Wildman–Crippen LogP) is 3.78. The number of ether oxygens (including phenoxy) is 2. The van der Waals surface area contributed by atoms with Crippen molar-refractivity contribution in [1.29, 1.82) is 0 Å². The topological polar surface area (TPSA) is 112 Å². The quantitative estimate of drug-likeness (QED) is 0.497. The molecule has 4 N–H and O–H groups in total. The third kappa shape index (κ3) is 3.62. The number of anilines is 3. The number of rotatable bonds is 4. The lowest BCUT2D eigenvalue weighted by Gasteiger charge is -2.29. The van der Waals surface area contributed by atoms with Crippen molar-refractivity contribution in [3.8, 4) is 0 Å². The zero-order chi connectivity index (χ0) is 23.6. The number of pyridine rings is 1. The molecule has 0 amide bonds. The summed E-state index contributed by atoms with van der Waals surface area (Å²) in [6, 6.07) is 8.43. The lowest BCUT2D eigenvalue weighted by atomic mass is 10.0. The van der Waals surface area contributed by atoms with Gasteiger partial charge in [-0.2, -0.15) is 0 Å². The molecule has 1 unspecified atom stereocenters. The van der Waals surface area contributed by atoms with Crippen LogP contribution in [0.5, 0.6) is 0 Å².